The molecular formula is C24H24N+. The van der Waals surface area contributed by atoms with Gasteiger partial charge in [0, 0.05) is 22.3 Å². The van der Waals surface area contributed by atoms with Crippen molar-refractivity contribution in [1.29, 1.82) is 0 Å². The Bertz CT molecular complexity index is 876. The minimum absolute atomic E-state index is 0.0231. The third-order valence-electron chi connectivity index (χ3n) is 5.09. The van der Waals surface area contributed by atoms with Crippen molar-refractivity contribution in [3.63, 3.8) is 0 Å². The van der Waals surface area contributed by atoms with E-state index in [9.17, 15) is 0 Å². The van der Waals surface area contributed by atoms with Crippen LogP contribution in [0.4, 0.5) is 0 Å². The number of hydrogen-bond donors (Lipinski definition) is 0. The molecule has 0 N–H and O–H groups in total. The fourth-order valence-electron chi connectivity index (χ4n) is 4.12. The van der Waals surface area contributed by atoms with Gasteiger partial charge in [0.15, 0.2) is 11.8 Å². The van der Waals surface area contributed by atoms with Crippen molar-refractivity contribution < 1.29 is 4.58 Å². The Morgan fingerprint density at radius 3 is 1.64 bits per heavy atom. The number of nitrogens with zero attached hydrogens (tertiary/aromatic N) is 1. The molecule has 3 aromatic rings. The Balaban J connectivity index is 2.14. The lowest BCUT2D eigenvalue weighted by molar-refractivity contribution is -0.648. The highest BCUT2D eigenvalue weighted by atomic mass is 15.2. The van der Waals surface area contributed by atoms with Crippen LogP contribution < -0.4 is 0 Å². The van der Waals surface area contributed by atoms with E-state index in [0.717, 1.165) is 0 Å². The van der Waals surface area contributed by atoms with Gasteiger partial charge in [0.1, 0.15) is 0 Å². The van der Waals surface area contributed by atoms with Crippen LogP contribution in [-0.2, 0) is 5.54 Å². The molecule has 0 amide bonds. The molecule has 0 atom stereocenters. The second-order valence-electron chi connectivity index (χ2n) is 7.70. The first-order chi connectivity index (χ1) is 12.0. The molecule has 0 bridgehead atoms. The maximum absolute atomic E-state index is 2.52. The van der Waals surface area contributed by atoms with Gasteiger partial charge >= 0.3 is 0 Å². The normalized spacial score (nSPS) is 15.6. The molecular weight excluding hydrogens is 302 g/mol. The molecule has 124 valence electrons. The number of fused-ring (bicyclic) bond motifs is 1. The van der Waals surface area contributed by atoms with Gasteiger partial charge in [-0.2, -0.15) is 0 Å². The summed E-state index contributed by atoms with van der Waals surface area (Å²) in [5, 5.41) is 0. The highest BCUT2D eigenvalue weighted by molar-refractivity contribution is 5.83. The monoisotopic (exact) mass is 326 g/mol. The van der Waals surface area contributed by atoms with Crippen LogP contribution in [0.15, 0.2) is 84.9 Å². The van der Waals surface area contributed by atoms with Gasteiger partial charge in [0.25, 0.3) is 0 Å². The van der Waals surface area contributed by atoms with E-state index in [1.54, 1.807) is 0 Å². The van der Waals surface area contributed by atoms with E-state index in [1.807, 2.05) is 0 Å². The third-order valence-corrected chi connectivity index (χ3v) is 5.09. The molecule has 0 unspecified atom stereocenters. The molecule has 3 aromatic carbocycles. The second kappa shape index (κ2) is 5.70. The first-order valence-corrected chi connectivity index (χ1v) is 8.89. The highest BCUT2D eigenvalue weighted by Gasteiger charge is 2.55. The SMILES string of the molecule is CC(C)(C)[N+]1=Cc2ccccc2C1(c1ccccc1)c1ccccc1. The minimum atomic E-state index is -0.308. The van der Waals surface area contributed by atoms with Crippen LogP contribution in [0, 0.1) is 0 Å². The summed E-state index contributed by atoms with van der Waals surface area (Å²) >= 11 is 0. The lowest BCUT2D eigenvalue weighted by Gasteiger charge is -2.35. The van der Waals surface area contributed by atoms with Gasteiger partial charge < -0.3 is 0 Å². The molecule has 0 aromatic heterocycles. The van der Waals surface area contributed by atoms with Crippen molar-refractivity contribution in [1.82, 2.24) is 0 Å². The standard InChI is InChI=1S/C24H24N/c1-23(2,3)25-18-19-12-10-11-17-22(19)24(25,20-13-6-4-7-14-20)21-15-8-5-9-16-21/h4-18H,1-3H3/q+1. The third kappa shape index (κ3) is 2.34. The molecule has 1 heteroatoms. The van der Waals surface area contributed by atoms with Crippen molar-refractivity contribution >= 4 is 6.21 Å². The molecule has 0 aliphatic carbocycles. The molecule has 0 spiro atoms. The van der Waals surface area contributed by atoms with E-state index in [0.29, 0.717) is 0 Å². The Hall–Kier alpha value is -2.67. The van der Waals surface area contributed by atoms with Crippen LogP contribution in [0.1, 0.15) is 43.0 Å². The lowest BCUT2D eigenvalue weighted by atomic mass is 9.75. The van der Waals surface area contributed by atoms with Crippen LogP contribution in [0.3, 0.4) is 0 Å². The summed E-state index contributed by atoms with van der Waals surface area (Å²) in [6.45, 7) is 6.86. The fourth-order valence-corrected chi connectivity index (χ4v) is 4.12. The van der Waals surface area contributed by atoms with Crippen LogP contribution in [0.25, 0.3) is 0 Å². The topological polar surface area (TPSA) is 3.01 Å². The Labute approximate surface area is 150 Å². The van der Waals surface area contributed by atoms with Gasteiger partial charge in [-0.1, -0.05) is 78.9 Å². The van der Waals surface area contributed by atoms with Crippen molar-refractivity contribution in [2.24, 2.45) is 0 Å². The van der Waals surface area contributed by atoms with E-state index in [2.05, 4.69) is 116 Å². The van der Waals surface area contributed by atoms with Crippen LogP contribution in [0.2, 0.25) is 0 Å². The molecule has 1 aliphatic rings. The van der Waals surface area contributed by atoms with Gasteiger partial charge in [-0.05, 0) is 26.8 Å². The van der Waals surface area contributed by atoms with Gasteiger partial charge in [-0.3, -0.25) is 0 Å². The minimum Gasteiger partial charge on any atom is -0.213 e. The molecule has 4 rings (SSSR count). The zero-order valence-electron chi connectivity index (χ0n) is 15.1. The van der Waals surface area contributed by atoms with Gasteiger partial charge in [-0.15, -0.1) is 0 Å². The molecule has 0 saturated carbocycles. The van der Waals surface area contributed by atoms with Crippen molar-refractivity contribution in [3.05, 3.63) is 107 Å². The van der Waals surface area contributed by atoms with Crippen LogP contribution in [-0.4, -0.2) is 16.3 Å². The van der Waals surface area contributed by atoms with E-state index in [4.69, 9.17) is 0 Å². The number of benzene rings is 3. The summed E-state index contributed by atoms with van der Waals surface area (Å²) in [4.78, 5) is 0. The average molecular weight is 326 g/mol. The van der Waals surface area contributed by atoms with Crippen molar-refractivity contribution in [2.45, 2.75) is 31.8 Å². The Morgan fingerprint density at radius 1 is 0.640 bits per heavy atom. The fraction of sp³-hybridized carbons (Fsp3) is 0.208. The smallest absolute Gasteiger partial charge is 0.213 e. The van der Waals surface area contributed by atoms with Gasteiger partial charge in [0.2, 0.25) is 5.54 Å². The van der Waals surface area contributed by atoms with E-state index in [1.165, 1.54) is 22.3 Å². The predicted molar refractivity (Wildman–Crippen MR) is 104 cm³/mol. The van der Waals surface area contributed by atoms with E-state index < -0.39 is 0 Å². The maximum Gasteiger partial charge on any atom is 0.239 e. The first-order valence-electron chi connectivity index (χ1n) is 8.89. The average Bonchev–Trinajstić information content (AvgIpc) is 3.00. The molecule has 0 fully saturated rings. The van der Waals surface area contributed by atoms with Gasteiger partial charge in [-0.25, -0.2) is 4.58 Å². The molecule has 25 heavy (non-hydrogen) atoms. The Kier molecular flexibility index (Phi) is 3.61. The van der Waals surface area contributed by atoms with E-state index in [-0.39, 0.29) is 11.1 Å². The summed E-state index contributed by atoms with van der Waals surface area (Å²) in [7, 11) is 0. The van der Waals surface area contributed by atoms with Crippen molar-refractivity contribution in [3.8, 4) is 0 Å². The number of rotatable bonds is 2. The quantitative estimate of drug-likeness (QED) is 0.568. The zero-order chi connectivity index (χ0) is 17.5. The predicted octanol–water partition coefficient (Wildman–Crippen LogP) is 5.22. The molecule has 1 heterocycles. The summed E-state index contributed by atoms with van der Waals surface area (Å²) in [6, 6.07) is 30.5. The maximum atomic E-state index is 2.52. The van der Waals surface area contributed by atoms with E-state index >= 15 is 0 Å². The molecule has 1 aliphatic heterocycles. The zero-order valence-corrected chi connectivity index (χ0v) is 15.1. The first kappa shape index (κ1) is 15.8. The van der Waals surface area contributed by atoms with Crippen LogP contribution in [0.5, 0.6) is 0 Å². The summed E-state index contributed by atoms with van der Waals surface area (Å²) in [6.07, 6.45) is 2.33. The number of hydrogen-bond acceptors (Lipinski definition) is 0. The molecule has 0 radical (unpaired) electrons. The summed E-state index contributed by atoms with van der Waals surface area (Å²) in [5.74, 6) is 0. The molecule has 1 nitrogen and oxygen atoms in total. The molecule has 0 saturated heterocycles. The van der Waals surface area contributed by atoms with Crippen LogP contribution >= 0.6 is 0 Å². The Morgan fingerprint density at radius 2 is 1.12 bits per heavy atom. The summed E-state index contributed by atoms with van der Waals surface area (Å²) < 4.78 is 2.52. The highest BCUT2D eigenvalue weighted by Crippen LogP contribution is 2.46. The summed E-state index contributed by atoms with van der Waals surface area (Å²) in [5.41, 5.74) is 4.92. The second-order valence-corrected chi connectivity index (χ2v) is 7.70. The largest absolute Gasteiger partial charge is 0.239 e. The van der Waals surface area contributed by atoms with Crippen molar-refractivity contribution in [2.75, 3.05) is 0 Å². The van der Waals surface area contributed by atoms with Gasteiger partial charge in [0.05, 0.1) is 0 Å². The lowest BCUT2D eigenvalue weighted by Crippen LogP contribution is -2.48.